The molecule has 1 aliphatic heterocycles. The number of nitrogens with two attached hydrogens (primary N) is 1. The van der Waals surface area contributed by atoms with Crippen LogP contribution in [0.2, 0.25) is 0 Å². The first-order chi connectivity index (χ1) is 15.7. The Hall–Kier alpha value is -3.02. The Morgan fingerprint density at radius 1 is 1.24 bits per heavy atom. The molecule has 1 saturated heterocycles. The molecule has 0 aromatic carbocycles. The number of likely N-dealkylation sites (tertiary alicyclic amines) is 1. The molecule has 8 heteroatoms. The summed E-state index contributed by atoms with van der Waals surface area (Å²) in [4.78, 5) is 15.0. The highest BCUT2D eigenvalue weighted by molar-refractivity contribution is 5.95. The van der Waals surface area contributed by atoms with Gasteiger partial charge in [0.25, 0.3) is 0 Å². The number of aromatic nitrogens is 4. The van der Waals surface area contributed by atoms with Crippen molar-refractivity contribution >= 4 is 16.9 Å². The molecule has 3 aromatic heterocycles. The molecule has 3 aromatic rings. The van der Waals surface area contributed by atoms with Gasteiger partial charge in [0.1, 0.15) is 17.0 Å². The van der Waals surface area contributed by atoms with E-state index in [4.69, 9.17) is 5.73 Å². The van der Waals surface area contributed by atoms with Crippen molar-refractivity contribution in [1.82, 2.24) is 24.4 Å². The van der Waals surface area contributed by atoms with Crippen LogP contribution in [0.4, 0.5) is 10.3 Å². The third kappa shape index (κ3) is 4.19. The van der Waals surface area contributed by atoms with E-state index in [1.54, 1.807) is 13.1 Å². The highest BCUT2D eigenvalue weighted by Gasteiger charge is 2.38. The lowest BCUT2D eigenvalue weighted by Gasteiger charge is -2.21. The molecule has 3 N–H and O–H groups in total. The zero-order valence-corrected chi connectivity index (χ0v) is 19.2. The molecule has 1 aliphatic carbocycles. The standard InChI is InChI=1S/C25H29FN6O/c1-15(2)31-9-7-18(13-31)32-14-20(23-21(26)11-29-24(27)30-23)19-10-17(28-12-22(19)32)6-8-25(3,33)16-4-5-16/h10-12,14-16,18,33H,4-5,7,9,13H2,1-3H3,(H2,27,29,30). The van der Waals surface area contributed by atoms with Crippen LogP contribution < -0.4 is 5.73 Å². The van der Waals surface area contributed by atoms with Gasteiger partial charge in [-0.1, -0.05) is 5.92 Å². The van der Waals surface area contributed by atoms with Crippen LogP contribution in [0, 0.1) is 23.6 Å². The molecular formula is C25H29FN6O. The van der Waals surface area contributed by atoms with Crippen LogP contribution in [-0.4, -0.2) is 54.3 Å². The van der Waals surface area contributed by atoms with E-state index in [9.17, 15) is 9.50 Å². The number of halogens is 1. The number of nitrogen functional groups attached to an aromatic ring is 1. The maximum Gasteiger partial charge on any atom is 0.220 e. The fourth-order valence-corrected chi connectivity index (χ4v) is 4.68. The predicted molar refractivity (Wildman–Crippen MR) is 126 cm³/mol. The summed E-state index contributed by atoms with van der Waals surface area (Å²) in [5.41, 5.74) is 6.99. The highest BCUT2D eigenvalue weighted by atomic mass is 19.1. The molecule has 4 heterocycles. The van der Waals surface area contributed by atoms with E-state index in [0.717, 1.165) is 49.5 Å². The van der Waals surface area contributed by atoms with Gasteiger partial charge in [0.2, 0.25) is 5.95 Å². The van der Waals surface area contributed by atoms with Gasteiger partial charge >= 0.3 is 0 Å². The topological polar surface area (TPSA) is 93.1 Å². The molecule has 0 amide bonds. The van der Waals surface area contributed by atoms with E-state index in [-0.39, 0.29) is 23.6 Å². The largest absolute Gasteiger partial charge is 0.378 e. The van der Waals surface area contributed by atoms with E-state index in [2.05, 4.69) is 50.1 Å². The fraction of sp³-hybridized carbons (Fsp3) is 0.480. The Morgan fingerprint density at radius 2 is 2.03 bits per heavy atom. The second-order valence-corrected chi connectivity index (χ2v) is 9.66. The van der Waals surface area contributed by atoms with Gasteiger partial charge in [-0.05, 0) is 57.9 Å². The van der Waals surface area contributed by atoms with Crippen molar-refractivity contribution in [1.29, 1.82) is 0 Å². The van der Waals surface area contributed by atoms with Crippen LogP contribution in [-0.2, 0) is 0 Å². The lowest BCUT2D eigenvalue weighted by molar-refractivity contribution is 0.0980. The summed E-state index contributed by atoms with van der Waals surface area (Å²) >= 11 is 0. The average Bonchev–Trinajstić information content (AvgIpc) is 3.42. The minimum Gasteiger partial charge on any atom is -0.378 e. The second kappa shape index (κ2) is 8.08. The van der Waals surface area contributed by atoms with Gasteiger partial charge in [0.05, 0.1) is 17.9 Å². The van der Waals surface area contributed by atoms with Crippen molar-refractivity contribution in [3.8, 4) is 23.1 Å². The summed E-state index contributed by atoms with van der Waals surface area (Å²) < 4.78 is 16.9. The van der Waals surface area contributed by atoms with Gasteiger partial charge < -0.3 is 15.4 Å². The number of hydrogen-bond acceptors (Lipinski definition) is 6. The molecule has 2 unspecified atom stereocenters. The minimum atomic E-state index is -1.03. The number of anilines is 1. The Morgan fingerprint density at radius 3 is 2.73 bits per heavy atom. The maximum atomic E-state index is 14.8. The van der Waals surface area contributed by atoms with E-state index < -0.39 is 11.4 Å². The molecule has 0 radical (unpaired) electrons. The van der Waals surface area contributed by atoms with E-state index in [0.29, 0.717) is 17.3 Å². The van der Waals surface area contributed by atoms with Crippen molar-refractivity contribution in [2.75, 3.05) is 18.8 Å². The van der Waals surface area contributed by atoms with Crippen LogP contribution in [0.15, 0.2) is 24.7 Å². The smallest absolute Gasteiger partial charge is 0.220 e. The minimum absolute atomic E-state index is 0.0219. The van der Waals surface area contributed by atoms with Crippen molar-refractivity contribution in [2.45, 2.75) is 57.7 Å². The normalized spacial score (nSPS) is 20.7. The van der Waals surface area contributed by atoms with Crippen LogP contribution in [0.1, 0.15) is 51.8 Å². The molecular weight excluding hydrogens is 419 g/mol. The molecule has 0 spiro atoms. The predicted octanol–water partition coefficient (Wildman–Crippen LogP) is 3.38. The van der Waals surface area contributed by atoms with E-state index >= 15 is 0 Å². The molecule has 2 aliphatic rings. The zero-order valence-electron chi connectivity index (χ0n) is 19.2. The zero-order chi connectivity index (χ0) is 23.3. The van der Waals surface area contributed by atoms with Crippen molar-refractivity contribution in [3.05, 3.63) is 36.2 Å². The van der Waals surface area contributed by atoms with Crippen LogP contribution in [0.3, 0.4) is 0 Å². The quantitative estimate of drug-likeness (QED) is 0.595. The lowest BCUT2D eigenvalue weighted by Crippen LogP contribution is -2.28. The fourth-order valence-electron chi connectivity index (χ4n) is 4.68. The number of aliphatic hydroxyl groups is 1. The van der Waals surface area contributed by atoms with Crippen molar-refractivity contribution < 1.29 is 9.50 Å². The van der Waals surface area contributed by atoms with E-state index in [1.165, 1.54) is 0 Å². The third-order valence-electron chi connectivity index (χ3n) is 6.87. The van der Waals surface area contributed by atoms with Crippen LogP contribution in [0.25, 0.3) is 22.2 Å². The Bertz CT molecular complexity index is 1270. The first kappa shape index (κ1) is 21.8. The molecule has 1 saturated carbocycles. The highest BCUT2D eigenvalue weighted by Crippen LogP contribution is 2.39. The average molecular weight is 449 g/mol. The molecule has 2 fully saturated rings. The number of pyridine rings is 1. The van der Waals surface area contributed by atoms with Crippen molar-refractivity contribution in [3.63, 3.8) is 0 Å². The first-order valence-corrected chi connectivity index (χ1v) is 11.5. The Kier molecular flexibility index (Phi) is 5.34. The molecule has 0 bridgehead atoms. The van der Waals surface area contributed by atoms with Gasteiger partial charge in [-0.3, -0.25) is 4.90 Å². The number of hydrogen-bond donors (Lipinski definition) is 2. The monoisotopic (exact) mass is 448 g/mol. The van der Waals surface area contributed by atoms with E-state index in [1.807, 2.05) is 12.3 Å². The Balaban J connectivity index is 1.62. The van der Waals surface area contributed by atoms with Crippen molar-refractivity contribution in [2.24, 2.45) is 5.92 Å². The molecule has 7 nitrogen and oxygen atoms in total. The lowest BCUT2D eigenvalue weighted by atomic mass is 10.0. The molecule has 5 rings (SSSR count). The summed E-state index contributed by atoms with van der Waals surface area (Å²) in [5.74, 6) is 5.71. The first-order valence-electron chi connectivity index (χ1n) is 11.5. The second-order valence-electron chi connectivity index (χ2n) is 9.66. The number of rotatable bonds is 4. The molecule has 172 valence electrons. The van der Waals surface area contributed by atoms with Crippen LogP contribution in [0.5, 0.6) is 0 Å². The third-order valence-corrected chi connectivity index (χ3v) is 6.87. The number of fused-ring (bicyclic) bond motifs is 1. The summed E-state index contributed by atoms with van der Waals surface area (Å²) in [5, 5.41) is 11.4. The summed E-state index contributed by atoms with van der Waals surface area (Å²) in [6.07, 6.45) is 7.82. The molecule has 33 heavy (non-hydrogen) atoms. The Labute approximate surface area is 192 Å². The number of nitrogens with zero attached hydrogens (tertiary/aromatic N) is 5. The summed E-state index contributed by atoms with van der Waals surface area (Å²) in [6, 6.07) is 2.57. The van der Waals surface area contributed by atoms with Gasteiger partial charge in [-0.15, -0.1) is 0 Å². The van der Waals surface area contributed by atoms with Gasteiger partial charge in [0.15, 0.2) is 5.82 Å². The van der Waals surface area contributed by atoms with Gasteiger partial charge in [-0.25, -0.2) is 19.3 Å². The SMILES string of the molecule is CC(C)N1CCC(n2cc(-c3nc(N)ncc3F)c3cc(C#CC(C)(O)C4CC4)ncc32)C1. The van der Waals surface area contributed by atoms with Gasteiger partial charge in [0, 0.05) is 42.3 Å². The molecule has 2 atom stereocenters. The maximum absolute atomic E-state index is 14.8. The summed E-state index contributed by atoms with van der Waals surface area (Å²) in [6.45, 7) is 8.07. The summed E-state index contributed by atoms with van der Waals surface area (Å²) in [7, 11) is 0. The van der Waals surface area contributed by atoms with Gasteiger partial charge in [-0.2, -0.15) is 0 Å². The van der Waals surface area contributed by atoms with Crippen LogP contribution >= 0.6 is 0 Å².